The summed E-state index contributed by atoms with van der Waals surface area (Å²) < 4.78 is 0. The number of pyridine rings is 1. The molecule has 1 aromatic carbocycles. The number of aromatic nitrogens is 2. The molecule has 2 heterocycles. The highest BCUT2D eigenvalue weighted by Gasteiger charge is 2.15. The zero-order valence-corrected chi connectivity index (χ0v) is 13.6. The van der Waals surface area contributed by atoms with Crippen molar-refractivity contribution in [2.24, 2.45) is 0 Å². The summed E-state index contributed by atoms with van der Waals surface area (Å²) >= 11 is 1.53. The summed E-state index contributed by atoms with van der Waals surface area (Å²) in [5.74, 6) is -0.234. The van der Waals surface area contributed by atoms with Gasteiger partial charge in [-0.3, -0.25) is 15.1 Å². The van der Waals surface area contributed by atoms with Crippen LogP contribution in [0.1, 0.15) is 28.7 Å². The highest BCUT2D eigenvalue weighted by Crippen LogP contribution is 2.32. The van der Waals surface area contributed by atoms with E-state index < -0.39 is 0 Å². The van der Waals surface area contributed by atoms with Gasteiger partial charge >= 0.3 is 0 Å². The van der Waals surface area contributed by atoms with Gasteiger partial charge in [0.2, 0.25) is 0 Å². The van der Waals surface area contributed by atoms with E-state index in [0.717, 1.165) is 24.1 Å². The Bertz CT molecular complexity index is 785. The number of nitrogens with one attached hydrogen (secondary N) is 1. The number of hydrogen-bond donors (Lipinski definition) is 1. The Morgan fingerprint density at radius 3 is 2.61 bits per heavy atom. The number of anilines is 1. The van der Waals surface area contributed by atoms with Gasteiger partial charge in [0.1, 0.15) is 5.69 Å². The Balaban J connectivity index is 1.88. The summed E-state index contributed by atoms with van der Waals surface area (Å²) in [6.07, 6.45) is 3.59. The third kappa shape index (κ3) is 3.63. The van der Waals surface area contributed by atoms with E-state index in [1.807, 2.05) is 30.3 Å². The maximum absolute atomic E-state index is 12.2. The molecule has 0 bridgehead atoms. The van der Waals surface area contributed by atoms with Gasteiger partial charge in [0, 0.05) is 16.6 Å². The number of amides is 1. The summed E-state index contributed by atoms with van der Waals surface area (Å²) in [6, 6.07) is 15.3. The minimum atomic E-state index is -0.234. The van der Waals surface area contributed by atoms with Crippen molar-refractivity contribution in [1.29, 1.82) is 0 Å². The molecule has 0 radical (unpaired) electrons. The first-order valence-electron chi connectivity index (χ1n) is 7.55. The molecular formula is C18H17N3OS. The summed E-state index contributed by atoms with van der Waals surface area (Å²) in [4.78, 5) is 22.1. The molecule has 0 fully saturated rings. The number of benzene rings is 1. The van der Waals surface area contributed by atoms with Crippen molar-refractivity contribution in [2.45, 2.75) is 19.8 Å². The van der Waals surface area contributed by atoms with Gasteiger partial charge in [-0.2, -0.15) is 0 Å². The minimum Gasteiger partial charge on any atom is -0.296 e. The summed E-state index contributed by atoms with van der Waals surface area (Å²) in [5, 5.41) is 3.47. The standard InChI is InChI=1S/C18H17N3OS/c1-2-8-15-16(13-9-4-3-5-10-13)20-18(23-15)21-17(22)14-11-6-7-12-19-14/h3-7,9-12H,2,8H2,1H3,(H,20,21,22). The lowest BCUT2D eigenvalue weighted by molar-refractivity contribution is 0.102. The average Bonchev–Trinajstić information content (AvgIpc) is 2.99. The van der Waals surface area contributed by atoms with Crippen LogP contribution < -0.4 is 5.32 Å². The molecule has 5 heteroatoms. The third-order valence-electron chi connectivity index (χ3n) is 3.34. The molecule has 0 spiro atoms. The molecule has 0 saturated heterocycles. The predicted octanol–water partition coefficient (Wildman–Crippen LogP) is 4.41. The van der Waals surface area contributed by atoms with Crippen LogP contribution in [0, 0.1) is 0 Å². The Morgan fingerprint density at radius 1 is 1.13 bits per heavy atom. The first-order valence-corrected chi connectivity index (χ1v) is 8.37. The van der Waals surface area contributed by atoms with Crippen molar-refractivity contribution in [2.75, 3.05) is 5.32 Å². The van der Waals surface area contributed by atoms with Crippen LogP contribution in [0.4, 0.5) is 5.13 Å². The average molecular weight is 323 g/mol. The molecule has 0 unspecified atom stereocenters. The second kappa shape index (κ2) is 7.15. The lowest BCUT2D eigenvalue weighted by Gasteiger charge is -2.00. The number of carbonyl (C=O) groups is 1. The smallest absolute Gasteiger partial charge is 0.276 e. The summed E-state index contributed by atoms with van der Waals surface area (Å²) in [6.45, 7) is 2.14. The van der Waals surface area contributed by atoms with Crippen LogP contribution in [-0.2, 0) is 6.42 Å². The van der Waals surface area contributed by atoms with Crippen LogP contribution in [0.15, 0.2) is 54.7 Å². The van der Waals surface area contributed by atoms with Crippen molar-refractivity contribution in [1.82, 2.24) is 9.97 Å². The van der Waals surface area contributed by atoms with Gasteiger partial charge in [-0.1, -0.05) is 49.7 Å². The van der Waals surface area contributed by atoms with E-state index in [1.54, 1.807) is 24.4 Å². The topological polar surface area (TPSA) is 54.9 Å². The van der Waals surface area contributed by atoms with E-state index in [1.165, 1.54) is 16.2 Å². The Morgan fingerprint density at radius 2 is 1.91 bits per heavy atom. The fourth-order valence-electron chi connectivity index (χ4n) is 2.28. The lowest BCUT2D eigenvalue weighted by Crippen LogP contribution is -2.13. The van der Waals surface area contributed by atoms with Crippen LogP contribution >= 0.6 is 11.3 Å². The molecule has 0 saturated carbocycles. The molecular weight excluding hydrogens is 306 g/mol. The van der Waals surface area contributed by atoms with Gasteiger partial charge in [-0.25, -0.2) is 4.98 Å². The van der Waals surface area contributed by atoms with Crippen LogP contribution in [-0.4, -0.2) is 15.9 Å². The molecule has 0 aliphatic heterocycles. The molecule has 116 valence electrons. The highest BCUT2D eigenvalue weighted by atomic mass is 32.1. The van der Waals surface area contributed by atoms with Crippen LogP contribution in [0.5, 0.6) is 0 Å². The lowest BCUT2D eigenvalue weighted by atomic mass is 10.1. The van der Waals surface area contributed by atoms with E-state index >= 15 is 0 Å². The number of hydrogen-bond acceptors (Lipinski definition) is 4. The Labute approximate surface area is 139 Å². The van der Waals surface area contributed by atoms with E-state index in [0.29, 0.717) is 10.8 Å². The first kappa shape index (κ1) is 15.4. The number of thiazole rings is 1. The molecule has 23 heavy (non-hydrogen) atoms. The van der Waals surface area contributed by atoms with Gasteiger partial charge in [0.15, 0.2) is 5.13 Å². The Kier molecular flexibility index (Phi) is 4.78. The number of nitrogens with zero attached hydrogens (tertiary/aromatic N) is 2. The van der Waals surface area contributed by atoms with Crippen molar-refractivity contribution < 1.29 is 4.79 Å². The van der Waals surface area contributed by atoms with Crippen LogP contribution in [0.3, 0.4) is 0 Å². The second-order valence-electron chi connectivity index (χ2n) is 5.08. The molecule has 0 aliphatic carbocycles. The van der Waals surface area contributed by atoms with Crippen molar-refractivity contribution in [3.63, 3.8) is 0 Å². The molecule has 1 amide bonds. The molecule has 1 N–H and O–H groups in total. The van der Waals surface area contributed by atoms with E-state index in [2.05, 4.69) is 22.2 Å². The second-order valence-corrected chi connectivity index (χ2v) is 6.16. The quantitative estimate of drug-likeness (QED) is 0.756. The van der Waals surface area contributed by atoms with Crippen molar-refractivity contribution in [3.8, 4) is 11.3 Å². The van der Waals surface area contributed by atoms with Gasteiger partial charge in [0.25, 0.3) is 5.91 Å². The third-order valence-corrected chi connectivity index (χ3v) is 4.37. The number of rotatable bonds is 5. The minimum absolute atomic E-state index is 0.234. The monoisotopic (exact) mass is 323 g/mol. The van der Waals surface area contributed by atoms with Gasteiger partial charge in [-0.05, 0) is 18.6 Å². The zero-order chi connectivity index (χ0) is 16.1. The summed E-state index contributed by atoms with van der Waals surface area (Å²) in [5.41, 5.74) is 2.42. The predicted molar refractivity (Wildman–Crippen MR) is 93.7 cm³/mol. The zero-order valence-electron chi connectivity index (χ0n) is 12.8. The first-order chi connectivity index (χ1) is 11.3. The Hall–Kier alpha value is -2.53. The van der Waals surface area contributed by atoms with Gasteiger partial charge < -0.3 is 0 Å². The van der Waals surface area contributed by atoms with Crippen molar-refractivity contribution in [3.05, 3.63) is 65.3 Å². The molecule has 3 aromatic rings. The normalized spacial score (nSPS) is 10.5. The SMILES string of the molecule is CCCc1sc(NC(=O)c2ccccn2)nc1-c1ccccc1. The number of aryl methyl sites for hydroxylation is 1. The fraction of sp³-hybridized carbons (Fsp3) is 0.167. The van der Waals surface area contributed by atoms with Crippen LogP contribution in [0.2, 0.25) is 0 Å². The van der Waals surface area contributed by atoms with Crippen molar-refractivity contribution >= 4 is 22.4 Å². The molecule has 0 atom stereocenters. The van der Waals surface area contributed by atoms with E-state index in [4.69, 9.17) is 0 Å². The van der Waals surface area contributed by atoms with E-state index in [-0.39, 0.29) is 5.91 Å². The van der Waals surface area contributed by atoms with E-state index in [9.17, 15) is 4.79 Å². The largest absolute Gasteiger partial charge is 0.296 e. The molecule has 0 aliphatic rings. The summed E-state index contributed by atoms with van der Waals surface area (Å²) in [7, 11) is 0. The van der Waals surface area contributed by atoms with Gasteiger partial charge in [0.05, 0.1) is 5.69 Å². The highest BCUT2D eigenvalue weighted by molar-refractivity contribution is 7.16. The van der Waals surface area contributed by atoms with Crippen LogP contribution in [0.25, 0.3) is 11.3 Å². The number of carbonyl (C=O) groups excluding carboxylic acids is 1. The maximum Gasteiger partial charge on any atom is 0.276 e. The maximum atomic E-state index is 12.2. The molecule has 4 nitrogen and oxygen atoms in total. The van der Waals surface area contributed by atoms with Gasteiger partial charge in [-0.15, -0.1) is 11.3 Å². The fourth-order valence-corrected chi connectivity index (χ4v) is 3.36. The molecule has 3 rings (SSSR count). The molecule has 2 aromatic heterocycles.